The van der Waals surface area contributed by atoms with E-state index in [1.54, 1.807) is 7.11 Å². The van der Waals surface area contributed by atoms with E-state index in [4.69, 9.17) is 10.5 Å². The summed E-state index contributed by atoms with van der Waals surface area (Å²) in [6, 6.07) is 0. The molecule has 16 heavy (non-hydrogen) atoms. The van der Waals surface area contributed by atoms with Crippen molar-refractivity contribution in [2.24, 2.45) is 11.7 Å². The maximum atomic E-state index is 11.7. The molecule has 0 aromatic heterocycles. The van der Waals surface area contributed by atoms with E-state index < -0.39 is 5.54 Å². The Bertz CT molecular complexity index is 243. The molecule has 0 bridgehead atoms. The number of rotatable bonds is 5. The number of nitrogens with two attached hydrogens (primary N) is 1. The smallest absolute Gasteiger partial charge is 0.240 e. The average molecular weight is 228 g/mol. The molecule has 3 N–H and O–H groups in total. The van der Waals surface area contributed by atoms with Crippen molar-refractivity contribution in [3.63, 3.8) is 0 Å². The molecule has 0 aromatic carbocycles. The first-order chi connectivity index (χ1) is 7.53. The fourth-order valence-corrected chi connectivity index (χ4v) is 2.42. The molecule has 4 heteroatoms. The molecule has 4 nitrogen and oxygen atoms in total. The summed E-state index contributed by atoms with van der Waals surface area (Å²) in [5, 5.41) is 3.34. The number of ether oxygens (including phenoxy) is 1. The van der Waals surface area contributed by atoms with E-state index >= 15 is 0 Å². The Kier molecular flexibility index (Phi) is 4.74. The molecular formula is C12H24N2O2. The number of methoxy groups -OCH3 is 1. The summed E-state index contributed by atoms with van der Waals surface area (Å²) in [6.07, 6.45) is 3.75. The summed E-state index contributed by atoms with van der Waals surface area (Å²) < 4.78 is 5.44. The molecule has 0 radical (unpaired) electrons. The summed E-state index contributed by atoms with van der Waals surface area (Å²) in [5.41, 5.74) is 4.92. The Morgan fingerprint density at radius 3 is 2.75 bits per heavy atom. The standard InChI is InChI=1S/C12H24N2O2/c1-9(2)8-14-12(11(13)15)7-5-4-6-10(12)16-3/h9-10,14H,4-8H2,1-3H3,(H2,13,15). The Morgan fingerprint density at radius 1 is 1.56 bits per heavy atom. The van der Waals surface area contributed by atoms with Crippen LogP contribution in [0, 0.1) is 5.92 Å². The minimum Gasteiger partial charge on any atom is -0.379 e. The fraction of sp³-hybridized carbons (Fsp3) is 0.917. The van der Waals surface area contributed by atoms with Crippen LogP contribution in [0.15, 0.2) is 0 Å². The summed E-state index contributed by atoms with van der Waals surface area (Å²) >= 11 is 0. The van der Waals surface area contributed by atoms with E-state index in [0.717, 1.165) is 32.2 Å². The molecule has 0 aromatic rings. The molecular weight excluding hydrogens is 204 g/mol. The average Bonchev–Trinajstić information content (AvgIpc) is 2.26. The second-order valence-corrected chi connectivity index (χ2v) is 5.08. The predicted octanol–water partition coefficient (Wildman–Crippen LogP) is 1.05. The summed E-state index contributed by atoms with van der Waals surface area (Å²) in [5.74, 6) is 0.218. The van der Waals surface area contributed by atoms with Crippen molar-refractivity contribution in [1.82, 2.24) is 5.32 Å². The zero-order valence-electron chi connectivity index (χ0n) is 10.6. The number of hydrogen-bond acceptors (Lipinski definition) is 3. The van der Waals surface area contributed by atoms with Gasteiger partial charge in [-0.2, -0.15) is 0 Å². The molecule has 0 spiro atoms. The van der Waals surface area contributed by atoms with Gasteiger partial charge in [0.2, 0.25) is 5.91 Å². The van der Waals surface area contributed by atoms with Crippen LogP contribution in [-0.4, -0.2) is 31.2 Å². The van der Waals surface area contributed by atoms with Crippen LogP contribution >= 0.6 is 0 Å². The van der Waals surface area contributed by atoms with Crippen LogP contribution in [0.2, 0.25) is 0 Å². The third kappa shape index (κ3) is 2.74. The van der Waals surface area contributed by atoms with Gasteiger partial charge in [-0.05, 0) is 25.3 Å². The molecule has 0 heterocycles. The summed E-state index contributed by atoms with van der Waals surface area (Å²) in [6.45, 7) is 5.03. The number of nitrogens with one attached hydrogen (secondary N) is 1. The number of hydrogen-bond donors (Lipinski definition) is 2. The topological polar surface area (TPSA) is 64.3 Å². The van der Waals surface area contributed by atoms with Crippen LogP contribution < -0.4 is 11.1 Å². The highest BCUT2D eigenvalue weighted by molar-refractivity contribution is 5.85. The number of carbonyl (C=O) groups excluding carboxylic acids is 1. The van der Waals surface area contributed by atoms with E-state index in [2.05, 4.69) is 19.2 Å². The Labute approximate surface area is 97.9 Å². The Balaban J connectivity index is 2.79. The molecule has 1 saturated carbocycles. The molecule has 0 aliphatic heterocycles. The molecule has 1 aliphatic carbocycles. The second kappa shape index (κ2) is 5.64. The first kappa shape index (κ1) is 13.5. The van der Waals surface area contributed by atoms with Crippen molar-refractivity contribution in [2.75, 3.05) is 13.7 Å². The van der Waals surface area contributed by atoms with E-state index in [1.165, 1.54) is 0 Å². The van der Waals surface area contributed by atoms with E-state index in [9.17, 15) is 4.79 Å². The summed E-state index contributed by atoms with van der Waals surface area (Å²) in [7, 11) is 1.66. The van der Waals surface area contributed by atoms with Crippen LogP contribution in [0.1, 0.15) is 39.5 Å². The molecule has 1 rings (SSSR count). The maximum Gasteiger partial charge on any atom is 0.240 e. The predicted molar refractivity (Wildman–Crippen MR) is 64.0 cm³/mol. The first-order valence-electron chi connectivity index (χ1n) is 6.10. The van der Waals surface area contributed by atoms with Crippen molar-refractivity contribution in [3.8, 4) is 0 Å². The molecule has 1 aliphatic rings. The van der Waals surface area contributed by atoms with Gasteiger partial charge in [-0.1, -0.05) is 26.7 Å². The van der Waals surface area contributed by atoms with Gasteiger partial charge >= 0.3 is 0 Å². The van der Waals surface area contributed by atoms with Crippen LogP contribution in [0.5, 0.6) is 0 Å². The number of primary amides is 1. The highest BCUT2D eigenvalue weighted by Crippen LogP contribution is 2.30. The van der Waals surface area contributed by atoms with Crippen LogP contribution in [0.3, 0.4) is 0 Å². The van der Waals surface area contributed by atoms with Gasteiger partial charge in [0.25, 0.3) is 0 Å². The zero-order valence-corrected chi connectivity index (χ0v) is 10.6. The molecule has 0 saturated heterocycles. The largest absolute Gasteiger partial charge is 0.379 e. The lowest BCUT2D eigenvalue weighted by molar-refractivity contribution is -0.133. The lowest BCUT2D eigenvalue weighted by Gasteiger charge is -2.41. The van der Waals surface area contributed by atoms with Crippen molar-refractivity contribution < 1.29 is 9.53 Å². The van der Waals surface area contributed by atoms with Gasteiger partial charge in [0.05, 0.1) is 6.10 Å². The third-order valence-electron chi connectivity index (χ3n) is 3.39. The minimum atomic E-state index is -0.655. The van der Waals surface area contributed by atoms with Crippen molar-refractivity contribution in [3.05, 3.63) is 0 Å². The minimum absolute atomic E-state index is 0.0856. The summed E-state index contributed by atoms with van der Waals surface area (Å²) in [4.78, 5) is 11.7. The highest BCUT2D eigenvalue weighted by Gasteiger charge is 2.45. The quantitative estimate of drug-likeness (QED) is 0.739. The van der Waals surface area contributed by atoms with Gasteiger partial charge in [0, 0.05) is 7.11 Å². The van der Waals surface area contributed by atoms with E-state index in [-0.39, 0.29) is 12.0 Å². The molecule has 2 atom stereocenters. The van der Waals surface area contributed by atoms with Crippen LogP contribution in [0.4, 0.5) is 0 Å². The molecule has 1 amide bonds. The monoisotopic (exact) mass is 228 g/mol. The lowest BCUT2D eigenvalue weighted by Crippen LogP contribution is -2.65. The SMILES string of the molecule is COC1CCCCC1(NCC(C)C)C(N)=O. The molecule has 2 unspecified atom stereocenters. The van der Waals surface area contributed by atoms with Gasteiger partial charge in [0.15, 0.2) is 0 Å². The second-order valence-electron chi connectivity index (χ2n) is 5.08. The zero-order chi connectivity index (χ0) is 12.2. The van der Waals surface area contributed by atoms with Gasteiger partial charge in [-0.15, -0.1) is 0 Å². The first-order valence-corrected chi connectivity index (χ1v) is 6.10. The maximum absolute atomic E-state index is 11.7. The normalized spacial score (nSPS) is 30.6. The van der Waals surface area contributed by atoms with Crippen molar-refractivity contribution in [1.29, 1.82) is 0 Å². The van der Waals surface area contributed by atoms with E-state index in [1.807, 2.05) is 0 Å². The van der Waals surface area contributed by atoms with Gasteiger partial charge in [-0.3, -0.25) is 4.79 Å². The number of carbonyl (C=O) groups is 1. The van der Waals surface area contributed by atoms with E-state index in [0.29, 0.717) is 5.92 Å². The van der Waals surface area contributed by atoms with Crippen molar-refractivity contribution >= 4 is 5.91 Å². The fourth-order valence-electron chi connectivity index (χ4n) is 2.42. The Hall–Kier alpha value is -0.610. The lowest BCUT2D eigenvalue weighted by atomic mass is 9.78. The third-order valence-corrected chi connectivity index (χ3v) is 3.39. The Morgan fingerprint density at radius 2 is 2.25 bits per heavy atom. The molecule has 94 valence electrons. The van der Waals surface area contributed by atoms with Crippen molar-refractivity contribution in [2.45, 2.75) is 51.2 Å². The van der Waals surface area contributed by atoms with Gasteiger partial charge in [0.1, 0.15) is 5.54 Å². The van der Waals surface area contributed by atoms with Crippen LogP contribution in [-0.2, 0) is 9.53 Å². The highest BCUT2D eigenvalue weighted by atomic mass is 16.5. The number of amides is 1. The van der Waals surface area contributed by atoms with Crippen LogP contribution in [0.25, 0.3) is 0 Å². The van der Waals surface area contributed by atoms with Gasteiger partial charge < -0.3 is 15.8 Å². The molecule has 1 fully saturated rings. The van der Waals surface area contributed by atoms with Gasteiger partial charge in [-0.25, -0.2) is 0 Å².